The highest BCUT2D eigenvalue weighted by atomic mass is 16.7. The van der Waals surface area contributed by atoms with Gasteiger partial charge in [-0.3, -0.25) is 0 Å². The van der Waals surface area contributed by atoms with Crippen molar-refractivity contribution in [3.63, 3.8) is 0 Å². The molecule has 0 amide bonds. The molecule has 236 valence electrons. The maximum absolute atomic E-state index is 10.6. The summed E-state index contributed by atoms with van der Waals surface area (Å²) in [6, 6.07) is 6.92. The largest absolute Gasteiger partial charge is 0.571 e. The molecule has 43 heavy (non-hydrogen) atoms. The molecular weight excluding hydrogens is 576 g/mol. The highest BCUT2D eigenvalue weighted by Crippen LogP contribution is 2.47. The standard InChI is InChI=1S/C28H34O15/c1-10-20(32)22(34)24(36)27(39-10)42-18-8-13-15(40-26(18)11-3-4-14(31)17(5-11)38-2)6-12(30)7-16(13)41-28-25(37)23(35)21(33)19(9-29)43-28/h3-8,10,19-37H,9H2,1-2H3/p+1. The molecule has 2 aromatic rings. The first kappa shape index (κ1) is 31.1. The van der Waals surface area contributed by atoms with Crippen molar-refractivity contribution in [3.05, 3.63) is 47.2 Å². The number of methoxy groups -OCH3 is 1. The predicted octanol–water partition coefficient (Wildman–Crippen LogP) is -1.53. The molecule has 0 bridgehead atoms. The monoisotopic (exact) mass is 611 g/mol. The van der Waals surface area contributed by atoms with Crippen LogP contribution in [-0.2, 0) is 14.2 Å². The highest BCUT2D eigenvalue weighted by molar-refractivity contribution is 5.70. The number of ether oxygens (including phenoxy) is 6. The van der Waals surface area contributed by atoms with Crippen LogP contribution >= 0.6 is 0 Å². The molecule has 11 unspecified atom stereocenters. The summed E-state index contributed by atoms with van der Waals surface area (Å²) in [7, 11) is 1.36. The van der Waals surface area contributed by atoms with E-state index in [4.69, 9.17) is 23.7 Å². The Bertz CT molecular complexity index is 1330. The quantitative estimate of drug-likeness (QED) is 0.161. The van der Waals surface area contributed by atoms with Gasteiger partial charge in [-0.2, -0.15) is 0 Å². The van der Waals surface area contributed by atoms with Gasteiger partial charge in [0.05, 0.1) is 31.5 Å². The van der Waals surface area contributed by atoms with E-state index in [0.29, 0.717) is 5.56 Å². The Balaban J connectivity index is 1.55. The number of hydrogen-bond acceptors (Lipinski definition) is 14. The summed E-state index contributed by atoms with van der Waals surface area (Å²) >= 11 is 0. The van der Waals surface area contributed by atoms with Crippen molar-refractivity contribution < 1.29 is 74.4 Å². The molecular formula is C28H35O15+. The van der Waals surface area contributed by atoms with Crippen molar-refractivity contribution >= 4 is 6.08 Å². The molecule has 2 saturated heterocycles. The summed E-state index contributed by atoms with van der Waals surface area (Å²) in [5.74, 6) is -0.179. The summed E-state index contributed by atoms with van der Waals surface area (Å²) in [6.45, 7) is 0.805. The third-order valence-electron chi connectivity index (χ3n) is 7.60. The molecule has 5 rings (SSSR count). The Kier molecular flexibility index (Phi) is 8.89. The van der Waals surface area contributed by atoms with Gasteiger partial charge in [-0.25, -0.2) is 0 Å². The SMILES string of the molecule is COc1cc(C2[OH+]c3cc(O)cc(OC4OC(CO)C(O)C(O)C4O)c3C=C2OC2OC(C)C(O)C(O)C2O)ccc1O. The molecule has 0 aromatic heterocycles. The van der Waals surface area contributed by atoms with Crippen LogP contribution < -0.4 is 9.47 Å². The van der Waals surface area contributed by atoms with Gasteiger partial charge in [-0.15, -0.1) is 0 Å². The van der Waals surface area contributed by atoms with Crippen molar-refractivity contribution in [3.8, 4) is 28.7 Å². The van der Waals surface area contributed by atoms with E-state index in [0.717, 1.165) is 0 Å². The lowest BCUT2D eigenvalue weighted by Gasteiger charge is -2.40. The molecule has 3 aliphatic rings. The molecule has 15 heteroatoms. The van der Waals surface area contributed by atoms with Gasteiger partial charge in [-0.05, 0) is 25.1 Å². The molecule has 2 fully saturated rings. The van der Waals surface area contributed by atoms with E-state index in [9.17, 15) is 46.0 Å². The molecule has 15 nitrogen and oxygen atoms in total. The average molecular weight is 612 g/mol. The van der Waals surface area contributed by atoms with E-state index in [2.05, 4.69) is 4.74 Å². The van der Waals surface area contributed by atoms with Gasteiger partial charge in [0.2, 0.25) is 12.6 Å². The van der Waals surface area contributed by atoms with Crippen molar-refractivity contribution in [2.75, 3.05) is 13.7 Å². The molecule has 10 N–H and O–H groups in total. The van der Waals surface area contributed by atoms with Gasteiger partial charge < -0.3 is 74.4 Å². The number of fused-ring (bicyclic) bond motifs is 1. The normalized spacial score (nSPS) is 35.7. The second-order valence-electron chi connectivity index (χ2n) is 10.5. The van der Waals surface area contributed by atoms with Gasteiger partial charge in [-0.1, -0.05) is 0 Å². The first-order chi connectivity index (χ1) is 20.4. The number of aromatic hydroxyl groups is 3. The Hall–Kier alpha value is -3.38. The molecule has 2 aromatic carbocycles. The van der Waals surface area contributed by atoms with E-state index in [1.165, 1.54) is 44.4 Å². The van der Waals surface area contributed by atoms with Gasteiger partial charge in [0.15, 0.2) is 17.3 Å². The van der Waals surface area contributed by atoms with Crippen LogP contribution in [0.15, 0.2) is 36.1 Å². The lowest BCUT2D eigenvalue weighted by Crippen LogP contribution is -2.60. The highest BCUT2D eigenvalue weighted by Gasteiger charge is 2.47. The fourth-order valence-corrected chi connectivity index (χ4v) is 5.11. The minimum atomic E-state index is -1.74. The van der Waals surface area contributed by atoms with Crippen LogP contribution in [0.3, 0.4) is 0 Å². The summed E-state index contributed by atoms with van der Waals surface area (Å²) in [5, 5.41) is 92.0. The van der Waals surface area contributed by atoms with E-state index < -0.39 is 74.1 Å². The van der Waals surface area contributed by atoms with E-state index in [1.54, 1.807) is 6.07 Å². The first-order valence-corrected chi connectivity index (χ1v) is 13.4. The number of aliphatic hydroxyl groups excluding tert-OH is 7. The minimum absolute atomic E-state index is 0.0458. The Morgan fingerprint density at radius 2 is 1.47 bits per heavy atom. The summed E-state index contributed by atoms with van der Waals surface area (Å²) < 4.78 is 32.8. The fourth-order valence-electron chi connectivity index (χ4n) is 5.11. The maximum Gasteiger partial charge on any atom is 0.270 e. The molecule has 0 radical (unpaired) electrons. The van der Waals surface area contributed by atoms with Crippen LogP contribution in [0.25, 0.3) is 6.08 Å². The average Bonchev–Trinajstić information content (AvgIpc) is 2.99. The third-order valence-corrected chi connectivity index (χ3v) is 7.60. The fraction of sp³-hybridized carbons (Fsp3) is 0.500. The zero-order valence-electron chi connectivity index (χ0n) is 23.0. The van der Waals surface area contributed by atoms with Crippen molar-refractivity contribution in [1.29, 1.82) is 0 Å². The predicted molar refractivity (Wildman–Crippen MR) is 143 cm³/mol. The zero-order valence-corrected chi connectivity index (χ0v) is 23.0. The zero-order chi connectivity index (χ0) is 31.2. The molecule has 0 spiro atoms. The molecule has 3 heterocycles. The van der Waals surface area contributed by atoms with Gasteiger partial charge >= 0.3 is 0 Å². The smallest absolute Gasteiger partial charge is 0.270 e. The second-order valence-corrected chi connectivity index (χ2v) is 10.5. The number of aliphatic hydroxyl groups is 8. The number of phenols is 2. The first-order valence-electron chi connectivity index (χ1n) is 13.4. The maximum atomic E-state index is 10.6. The Labute approximate surface area is 244 Å². The van der Waals surface area contributed by atoms with Crippen molar-refractivity contribution in [2.24, 2.45) is 0 Å². The lowest BCUT2D eigenvalue weighted by molar-refractivity contribution is -0.287. The molecule has 3 aliphatic heterocycles. The van der Waals surface area contributed by atoms with Gasteiger partial charge in [0, 0.05) is 12.1 Å². The second kappa shape index (κ2) is 12.3. The number of hydrogen-bond donors (Lipinski definition) is 9. The molecule has 0 aliphatic carbocycles. The molecule has 11 atom stereocenters. The van der Waals surface area contributed by atoms with Crippen LogP contribution in [0.5, 0.6) is 28.7 Å². The molecule has 0 saturated carbocycles. The van der Waals surface area contributed by atoms with Crippen molar-refractivity contribution in [1.82, 2.24) is 0 Å². The number of phenolic OH excluding ortho intramolecular Hbond substituents is 2. The van der Waals surface area contributed by atoms with Crippen LogP contribution in [0.2, 0.25) is 0 Å². The van der Waals surface area contributed by atoms with Crippen LogP contribution in [0.4, 0.5) is 0 Å². The van der Waals surface area contributed by atoms with E-state index >= 15 is 0 Å². The van der Waals surface area contributed by atoms with E-state index in [-0.39, 0.29) is 40.1 Å². The summed E-state index contributed by atoms with van der Waals surface area (Å²) in [6.07, 6.45) is -14.4. The van der Waals surface area contributed by atoms with Gasteiger partial charge in [0.1, 0.15) is 59.8 Å². The Morgan fingerprint density at radius 1 is 0.791 bits per heavy atom. The summed E-state index contributed by atoms with van der Waals surface area (Å²) in [4.78, 5) is 0. The van der Waals surface area contributed by atoms with Crippen LogP contribution in [0, 0.1) is 0 Å². The Morgan fingerprint density at radius 3 is 2.14 bits per heavy atom. The minimum Gasteiger partial charge on any atom is -0.571 e. The van der Waals surface area contributed by atoms with E-state index in [1.807, 2.05) is 0 Å². The van der Waals surface area contributed by atoms with Crippen LogP contribution in [0.1, 0.15) is 24.2 Å². The summed E-state index contributed by atoms with van der Waals surface area (Å²) in [5.41, 5.74) is 0.649. The van der Waals surface area contributed by atoms with Gasteiger partial charge in [0.25, 0.3) is 11.9 Å². The number of benzene rings is 2. The lowest BCUT2D eigenvalue weighted by atomic mass is 9.98. The van der Waals surface area contributed by atoms with Crippen molar-refractivity contribution in [2.45, 2.75) is 74.4 Å². The number of rotatable bonds is 7. The van der Waals surface area contributed by atoms with Crippen LogP contribution in [-0.4, -0.2) is 126 Å². The third kappa shape index (κ3) is 5.91. The topological polar surface area (TPSA) is 241 Å².